The van der Waals surface area contributed by atoms with Gasteiger partial charge in [0.1, 0.15) is 0 Å². The average Bonchev–Trinajstić information content (AvgIpc) is 2.13. The van der Waals surface area contributed by atoms with Gasteiger partial charge in [0.2, 0.25) is 0 Å². The van der Waals surface area contributed by atoms with Gasteiger partial charge in [-0.3, -0.25) is 0 Å². The zero-order chi connectivity index (χ0) is 9.84. The van der Waals surface area contributed by atoms with E-state index in [2.05, 4.69) is 24.5 Å². The van der Waals surface area contributed by atoms with E-state index in [0.29, 0.717) is 11.3 Å². The van der Waals surface area contributed by atoms with Crippen LogP contribution in [0.2, 0.25) is 5.02 Å². The number of anilines is 1. The van der Waals surface area contributed by atoms with E-state index in [-0.39, 0.29) is 10.7 Å². The molecular weight excluding hydrogens is 209 g/mol. The molecule has 0 aliphatic carbocycles. The standard InChI is InChI=1S/C9H7ClFNS/c10-8-6(2-1-5-13)3-4-7(12)9(8)11/h3-4,13H,5,12H2. The molecule has 1 aromatic rings. The lowest BCUT2D eigenvalue weighted by atomic mass is 10.2. The molecule has 0 amide bonds. The van der Waals surface area contributed by atoms with Crippen LogP contribution in [0.15, 0.2) is 12.1 Å². The molecule has 0 aliphatic heterocycles. The highest BCUT2D eigenvalue weighted by Gasteiger charge is 2.07. The maximum atomic E-state index is 13.1. The lowest BCUT2D eigenvalue weighted by molar-refractivity contribution is 0.632. The second-order valence-electron chi connectivity index (χ2n) is 2.29. The van der Waals surface area contributed by atoms with Crippen molar-refractivity contribution >= 4 is 29.9 Å². The number of nitrogens with two attached hydrogens (primary N) is 1. The van der Waals surface area contributed by atoms with Crippen molar-refractivity contribution in [1.82, 2.24) is 0 Å². The molecule has 0 heterocycles. The van der Waals surface area contributed by atoms with Gasteiger partial charge in [-0.2, -0.15) is 12.6 Å². The minimum absolute atomic E-state index is 0.0291. The van der Waals surface area contributed by atoms with Crippen molar-refractivity contribution < 1.29 is 4.39 Å². The highest BCUT2D eigenvalue weighted by molar-refractivity contribution is 7.80. The number of rotatable bonds is 0. The average molecular weight is 216 g/mol. The van der Waals surface area contributed by atoms with E-state index in [0.717, 1.165) is 0 Å². The van der Waals surface area contributed by atoms with E-state index in [1.54, 1.807) is 6.07 Å². The third-order valence-electron chi connectivity index (χ3n) is 1.41. The van der Waals surface area contributed by atoms with Crippen LogP contribution in [-0.2, 0) is 0 Å². The molecule has 1 aromatic carbocycles. The number of hydrogen-bond donors (Lipinski definition) is 2. The Balaban J connectivity index is 3.18. The van der Waals surface area contributed by atoms with E-state index < -0.39 is 5.82 Å². The molecule has 4 heteroatoms. The monoisotopic (exact) mass is 215 g/mol. The summed E-state index contributed by atoms with van der Waals surface area (Å²) >= 11 is 9.55. The van der Waals surface area contributed by atoms with Gasteiger partial charge in [0.05, 0.1) is 16.5 Å². The van der Waals surface area contributed by atoms with Gasteiger partial charge in [-0.05, 0) is 12.1 Å². The first-order valence-corrected chi connectivity index (χ1v) is 4.51. The molecule has 0 bridgehead atoms. The molecular formula is C9H7ClFNS. The molecule has 1 nitrogen and oxygen atoms in total. The van der Waals surface area contributed by atoms with Gasteiger partial charge in [0.15, 0.2) is 5.82 Å². The van der Waals surface area contributed by atoms with Crippen molar-refractivity contribution in [1.29, 1.82) is 0 Å². The highest BCUT2D eigenvalue weighted by atomic mass is 35.5. The topological polar surface area (TPSA) is 26.0 Å². The van der Waals surface area contributed by atoms with E-state index in [4.69, 9.17) is 17.3 Å². The van der Waals surface area contributed by atoms with Gasteiger partial charge in [0, 0.05) is 5.56 Å². The minimum atomic E-state index is -0.618. The summed E-state index contributed by atoms with van der Waals surface area (Å²) in [5, 5.41) is -0.0331. The Morgan fingerprint density at radius 3 is 2.85 bits per heavy atom. The van der Waals surface area contributed by atoms with Crippen LogP contribution in [0.25, 0.3) is 0 Å². The Labute approximate surface area is 86.5 Å². The summed E-state index contributed by atoms with van der Waals surface area (Å²) in [4.78, 5) is 0. The van der Waals surface area contributed by atoms with Crippen LogP contribution in [0, 0.1) is 17.7 Å². The Morgan fingerprint density at radius 1 is 1.54 bits per heavy atom. The van der Waals surface area contributed by atoms with E-state index in [9.17, 15) is 4.39 Å². The van der Waals surface area contributed by atoms with Crippen LogP contribution in [0.5, 0.6) is 0 Å². The van der Waals surface area contributed by atoms with Crippen molar-refractivity contribution in [2.45, 2.75) is 0 Å². The number of thiol groups is 1. The largest absolute Gasteiger partial charge is 0.396 e. The summed E-state index contributed by atoms with van der Waals surface area (Å²) in [5.41, 5.74) is 5.76. The third-order valence-corrected chi connectivity index (χ3v) is 1.94. The second-order valence-corrected chi connectivity index (χ2v) is 2.98. The van der Waals surface area contributed by atoms with Gasteiger partial charge >= 0.3 is 0 Å². The zero-order valence-electron chi connectivity index (χ0n) is 6.64. The fraction of sp³-hybridized carbons (Fsp3) is 0.111. The normalized spacial score (nSPS) is 9.15. The number of benzene rings is 1. The molecule has 0 aliphatic rings. The molecule has 1 rings (SSSR count). The number of hydrogen-bond acceptors (Lipinski definition) is 2. The summed E-state index contributed by atoms with van der Waals surface area (Å²) in [6.45, 7) is 0. The molecule has 0 spiro atoms. The maximum absolute atomic E-state index is 13.1. The predicted octanol–water partition coefficient (Wildman–Crippen LogP) is 2.34. The van der Waals surface area contributed by atoms with Crippen LogP contribution in [-0.4, -0.2) is 5.75 Å². The van der Waals surface area contributed by atoms with Crippen LogP contribution in [0.3, 0.4) is 0 Å². The number of halogens is 2. The molecule has 0 aromatic heterocycles. The van der Waals surface area contributed by atoms with Crippen molar-refractivity contribution in [2.75, 3.05) is 11.5 Å². The van der Waals surface area contributed by atoms with Gasteiger partial charge in [-0.15, -0.1) is 0 Å². The molecule has 0 unspecified atom stereocenters. The lowest BCUT2D eigenvalue weighted by Gasteiger charge is -2.00. The highest BCUT2D eigenvalue weighted by Crippen LogP contribution is 2.23. The maximum Gasteiger partial charge on any atom is 0.165 e. The summed E-state index contributed by atoms with van der Waals surface area (Å²) < 4.78 is 13.1. The quantitative estimate of drug-likeness (QED) is 0.388. The second kappa shape index (κ2) is 4.40. The van der Waals surface area contributed by atoms with Gasteiger partial charge in [-0.25, -0.2) is 4.39 Å². The molecule has 68 valence electrons. The van der Waals surface area contributed by atoms with Crippen molar-refractivity contribution in [2.24, 2.45) is 0 Å². The van der Waals surface area contributed by atoms with Crippen LogP contribution in [0.4, 0.5) is 10.1 Å². The van der Waals surface area contributed by atoms with Crippen molar-refractivity contribution in [3.05, 3.63) is 28.5 Å². The Morgan fingerprint density at radius 2 is 2.23 bits per heavy atom. The first-order valence-electron chi connectivity index (χ1n) is 3.50. The Bertz CT molecular complexity index is 381. The molecule has 0 atom stereocenters. The van der Waals surface area contributed by atoms with Crippen molar-refractivity contribution in [3.8, 4) is 11.8 Å². The third kappa shape index (κ3) is 2.30. The molecule has 2 N–H and O–H groups in total. The Kier molecular flexibility index (Phi) is 3.47. The van der Waals surface area contributed by atoms with Crippen molar-refractivity contribution in [3.63, 3.8) is 0 Å². The van der Waals surface area contributed by atoms with E-state index in [1.165, 1.54) is 6.07 Å². The summed E-state index contributed by atoms with van der Waals surface area (Å²) in [7, 11) is 0. The fourth-order valence-electron chi connectivity index (χ4n) is 0.796. The minimum Gasteiger partial charge on any atom is -0.396 e. The van der Waals surface area contributed by atoms with Gasteiger partial charge in [0.25, 0.3) is 0 Å². The zero-order valence-corrected chi connectivity index (χ0v) is 8.29. The summed E-state index contributed by atoms with van der Waals surface area (Å²) in [5.74, 6) is 5.14. The first-order chi connectivity index (χ1) is 6.16. The smallest absolute Gasteiger partial charge is 0.165 e. The summed E-state index contributed by atoms with van der Waals surface area (Å²) in [6, 6.07) is 3.01. The van der Waals surface area contributed by atoms with Gasteiger partial charge in [-0.1, -0.05) is 23.4 Å². The van der Waals surface area contributed by atoms with E-state index in [1.807, 2.05) is 0 Å². The SMILES string of the molecule is Nc1ccc(C#CCS)c(Cl)c1F. The van der Waals surface area contributed by atoms with E-state index >= 15 is 0 Å². The van der Waals surface area contributed by atoms with Gasteiger partial charge < -0.3 is 5.73 Å². The summed E-state index contributed by atoms with van der Waals surface area (Å²) in [6.07, 6.45) is 0. The number of nitrogen functional groups attached to an aromatic ring is 1. The molecule has 0 radical (unpaired) electrons. The molecule has 0 fully saturated rings. The van der Waals surface area contributed by atoms with Crippen LogP contribution < -0.4 is 5.73 Å². The van der Waals surface area contributed by atoms with Crippen LogP contribution >= 0.6 is 24.2 Å². The molecule has 0 saturated heterocycles. The Hall–Kier alpha value is -0.850. The van der Waals surface area contributed by atoms with Crippen LogP contribution in [0.1, 0.15) is 5.56 Å². The molecule has 13 heavy (non-hydrogen) atoms. The molecule has 0 saturated carbocycles. The first kappa shape index (κ1) is 10.2. The lowest BCUT2D eigenvalue weighted by Crippen LogP contribution is -1.92. The fourth-order valence-corrected chi connectivity index (χ4v) is 1.09. The predicted molar refractivity (Wildman–Crippen MR) is 56.6 cm³/mol.